The number of hydrogen-bond acceptors (Lipinski definition) is 3. The van der Waals surface area contributed by atoms with Crippen LogP contribution in [0.2, 0.25) is 5.02 Å². The first kappa shape index (κ1) is 15.3. The van der Waals surface area contributed by atoms with Crippen LogP contribution in [-0.2, 0) is 0 Å². The minimum absolute atomic E-state index is 0.00137. The van der Waals surface area contributed by atoms with Crippen molar-refractivity contribution < 1.29 is 10.0 Å². The Balaban J connectivity index is 3.02. The first-order valence-electron chi connectivity index (χ1n) is 6.02. The van der Waals surface area contributed by atoms with Crippen molar-refractivity contribution in [1.82, 2.24) is 4.90 Å². The standard InChI is InChI=1S/C13H18ClN3O2/c1-3-7-17(8-12(15)16-19)13(18)10-5-4-6-11(14)9(10)2/h4-6,19H,3,7-8H2,1-2H3,(H2,15,16). The number of halogens is 1. The molecule has 0 aliphatic heterocycles. The van der Waals surface area contributed by atoms with Crippen molar-refractivity contribution in [3.8, 4) is 0 Å². The fraction of sp³-hybridized carbons (Fsp3) is 0.385. The highest BCUT2D eigenvalue weighted by molar-refractivity contribution is 6.31. The Hall–Kier alpha value is -1.75. The molecule has 0 radical (unpaired) electrons. The van der Waals surface area contributed by atoms with E-state index < -0.39 is 0 Å². The van der Waals surface area contributed by atoms with Crippen molar-refractivity contribution in [3.05, 3.63) is 34.3 Å². The van der Waals surface area contributed by atoms with Gasteiger partial charge in [-0.15, -0.1) is 0 Å². The minimum atomic E-state index is -0.173. The number of carbonyl (C=O) groups excluding carboxylic acids is 1. The lowest BCUT2D eigenvalue weighted by Crippen LogP contribution is -2.39. The molecule has 3 N–H and O–H groups in total. The predicted octanol–water partition coefficient (Wildman–Crippen LogP) is 2.25. The molecule has 104 valence electrons. The van der Waals surface area contributed by atoms with Gasteiger partial charge >= 0.3 is 0 Å². The number of hydrogen-bond donors (Lipinski definition) is 2. The molecule has 5 nitrogen and oxygen atoms in total. The molecule has 0 spiro atoms. The Labute approximate surface area is 117 Å². The molecule has 0 bridgehead atoms. The summed E-state index contributed by atoms with van der Waals surface area (Å²) in [6.07, 6.45) is 0.782. The number of amides is 1. The summed E-state index contributed by atoms with van der Waals surface area (Å²) in [5, 5.41) is 12.1. The summed E-state index contributed by atoms with van der Waals surface area (Å²) in [7, 11) is 0. The third-order valence-corrected chi connectivity index (χ3v) is 3.17. The second kappa shape index (κ2) is 6.99. The van der Waals surface area contributed by atoms with E-state index in [1.165, 1.54) is 4.90 Å². The van der Waals surface area contributed by atoms with Gasteiger partial charge in [0.05, 0.1) is 6.54 Å². The van der Waals surface area contributed by atoms with E-state index in [4.69, 9.17) is 22.5 Å². The highest BCUT2D eigenvalue weighted by Crippen LogP contribution is 2.20. The maximum absolute atomic E-state index is 12.4. The lowest BCUT2D eigenvalue weighted by Gasteiger charge is -2.22. The molecule has 0 aromatic heterocycles. The Kier molecular flexibility index (Phi) is 5.63. The first-order valence-corrected chi connectivity index (χ1v) is 6.39. The van der Waals surface area contributed by atoms with E-state index in [1.54, 1.807) is 25.1 Å². The molecule has 1 rings (SSSR count). The lowest BCUT2D eigenvalue weighted by atomic mass is 10.1. The predicted molar refractivity (Wildman–Crippen MR) is 75.8 cm³/mol. The Morgan fingerprint density at radius 3 is 2.79 bits per heavy atom. The molecule has 19 heavy (non-hydrogen) atoms. The SMILES string of the molecule is CCCN(C/C(N)=N/O)C(=O)c1cccc(Cl)c1C. The van der Waals surface area contributed by atoms with Gasteiger partial charge < -0.3 is 15.8 Å². The highest BCUT2D eigenvalue weighted by atomic mass is 35.5. The summed E-state index contributed by atoms with van der Waals surface area (Å²) in [5.74, 6) is -0.171. The van der Waals surface area contributed by atoms with Gasteiger partial charge in [0.25, 0.3) is 5.91 Å². The number of oxime groups is 1. The van der Waals surface area contributed by atoms with Crippen LogP contribution in [0.15, 0.2) is 23.4 Å². The van der Waals surface area contributed by atoms with Crippen molar-refractivity contribution in [1.29, 1.82) is 0 Å². The largest absolute Gasteiger partial charge is 0.409 e. The summed E-state index contributed by atoms with van der Waals surface area (Å²) >= 11 is 6.01. The molecule has 0 fully saturated rings. The molecular formula is C13H18ClN3O2. The van der Waals surface area contributed by atoms with Gasteiger partial charge in [-0.25, -0.2) is 0 Å². The van der Waals surface area contributed by atoms with Crippen LogP contribution in [-0.4, -0.2) is 34.9 Å². The van der Waals surface area contributed by atoms with Gasteiger partial charge in [-0.2, -0.15) is 0 Å². The fourth-order valence-corrected chi connectivity index (χ4v) is 1.93. The number of carbonyl (C=O) groups is 1. The summed E-state index contributed by atoms with van der Waals surface area (Å²) < 4.78 is 0. The van der Waals surface area contributed by atoms with Crippen LogP contribution in [0.3, 0.4) is 0 Å². The number of amidine groups is 1. The zero-order valence-corrected chi connectivity index (χ0v) is 11.8. The van der Waals surface area contributed by atoms with Crippen LogP contribution in [0.5, 0.6) is 0 Å². The van der Waals surface area contributed by atoms with Crippen LogP contribution in [0.1, 0.15) is 29.3 Å². The van der Waals surface area contributed by atoms with Gasteiger partial charge in [-0.05, 0) is 31.0 Å². The van der Waals surface area contributed by atoms with E-state index in [-0.39, 0.29) is 18.3 Å². The number of nitrogens with zero attached hydrogens (tertiary/aromatic N) is 2. The molecule has 0 saturated heterocycles. The average molecular weight is 284 g/mol. The van der Waals surface area contributed by atoms with Gasteiger partial charge in [0.15, 0.2) is 5.84 Å². The molecule has 1 aromatic rings. The van der Waals surface area contributed by atoms with Gasteiger partial charge in [0, 0.05) is 17.1 Å². The number of nitrogens with two attached hydrogens (primary N) is 1. The second-order valence-electron chi connectivity index (χ2n) is 4.23. The van der Waals surface area contributed by atoms with Gasteiger partial charge in [0.2, 0.25) is 0 Å². The monoisotopic (exact) mass is 283 g/mol. The zero-order chi connectivity index (χ0) is 14.4. The summed E-state index contributed by atoms with van der Waals surface area (Å²) in [5.41, 5.74) is 6.73. The van der Waals surface area contributed by atoms with Crippen LogP contribution >= 0.6 is 11.6 Å². The summed E-state index contributed by atoms with van der Waals surface area (Å²) in [4.78, 5) is 14.0. The van der Waals surface area contributed by atoms with E-state index in [1.807, 2.05) is 6.92 Å². The highest BCUT2D eigenvalue weighted by Gasteiger charge is 2.19. The van der Waals surface area contributed by atoms with Gasteiger partial charge in [-0.3, -0.25) is 4.79 Å². The smallest absolute Gasteiger partial charge is 0.254 e. The van der Waals surface area contributed by atoms with Gasteiger partial charge in [0.1, 0.15) is 0 Å². The van der Waals surface area contributed by atoms with E-state index in [9.17, 15) is 4.79 Å². The van der Waals surface area contributed by atoms with E-state index in [2.05, 4.69) is 5.16 Å². The Morgan fingerprint density at radius 2 is 2.21 bits per heavy atom. The topological polar surface area (TPSA) is 78.9 Å². The molecule has 0 aliphatic carbocycles. The first-order chi connectivity index (χ1) is 9.01. The Bertz CT molecular complexity index is 489. The Morgan fingerprint density at radius 1 is 1.53 bits per heavy atom. The molecule has 1 aromatic carbocycles. The summed E-state index contributed by atoms with van der Waals surface area (Å²) in [6.45, 7) is 4.37. The molecule has 0 atom stereocenters. The third kappa shape index (κ3) is 3.86. The van der Waals surface area contributed by atoms with Crippen LogP contribution in [0, 0.1) is 6.92 Å². The van der Waals surface area contributed by atoms with Crippen LogP contribution in [0.4, 0.5) is 0 Å². The van der Waals surface area contributed by atoms with E-state index >= 15 is 0 Å². The van der Waals surface area contributed by atoms with Gasteiger partial charge in [-0.1, -0.05) is 29.7 Å². The number of rotatable bonds is 5. The minimum Gasteiger partial charge on any atom is -0.409 e. The normalized spacial score (nSPS) is 11.4. The summed E-state index contributed by atoms with van der Waals surface area (Å²) in [6, 6.07) is 5.19. The second-order valence-corrected chi connectivity index (χ2v) is 4.64. The maximum atomic E-state index is 12.4. The third-order valence-electron chi connectivity index (χ3n) is 2.76. The lowest BCUT2D eigenvalue weighted by molar-refractivity contribution is 0.0777. The molecule has 6 heteroatoms. The molecule has 0 saturated carbocycles. The van der Waals surface area contributed by atoms with Crippen molar-refractivity contribution in [3.63, 3.8) is 0 Å². The molecule has 0 heterocycles. The molecule has 0 unspecified atom stereocenters. The maximum Gasteiger partial charge on any atom is 0.254 e. The number of benzene rings is 1. The van der Waals surface area contributed by atoms with Crippen molar-refractivity contribution >= 4 is 23.3 Å². The molecular weight excluding hydrogens is 266 g/mol. The molecule has 1 amide bonds. The zero-order valence-electron chi connectivity index (χ0n) is 11.1. The van der Waals surface area contributed by atoms with Crippen LogP contribution < -0.4 is 5.73 Å². The van der Waals surface area contributed by atoms with Crippen molar-refractivity contribution in [2.75, 3.05) is 13.1 Å². The quantitative estimate of drug-likeness (QED) is 0.376. The van der Waals surface area contributed by atoms with E-state index in [0.29, 0.717) is 17.1 Å². The fourth-order valence-electron chi connectivity index (χ4n) is 1.76. The van der Waals surface area contributed by atoms with Crippen molar-refractivity contribution in [2.24, 2.45) is 10.9 Å². The average Bonchev–Trinajstić information content (AvgIpc) is 2.40. The van der Waals surface area contributed by atoms with E-state index in [0.717, 1.165) is 12.0 Å². The van der Waals surface area contributed by atoms with Crippen LogP contribution in [0.25, 0.3) is 0 Å². The van der Waals surface area contributed by atoms with Crippen molar-refractivity contribution in [2.45, 2.75) is 20.3 Å². The molecule has 0 aliphatic rings.